The number of rotatable bonds is 4. The molecular weight excluding hydrogens is 281 g/mol. The number of aryl methyl sites for hydroxylation is 1. The van der Waals surface area contributed by atoms with Crippen molar-refractivity contribution in [1.29, 1.82) is 0 Å². The van der Waals surface area contributed by atoms with Crippen molar-refractivity contribution in [2.24, 2.45) is 0 Å². The summed E-state index contributed by atoms with van der Waals surface area (Å²) < 4.78 is 18.5. The Morgan fingerprint density at radius 3 is 2.57 bits per heavy atom. The van der Waals surface area contributed by atoms with Gasteiger partial charge in [-0.3, -0.25) is 10.1 Å². The number of carboxylic acids is 1. The first kappa shape index (κ1) is 14.4. The van der Waals surface area contributed by atoms with Gasteiger partial charge in [-0.1, -0.05) is 6.07 Å². The number of nitro groups is 1. The van der Waals surface area contributed by atoms with E-state index in [-0.39, 0.29) is 22.7 Å². The number of hydrogen-bond acceptors (Lipinski definition) is 4. The maximum atomic E-state index is 13.2. The number of nitrogens with zero attached hydrogens (tertiary/aromatic N) is 1. The Morgan fingerprint density at radius 2 is 1.95 bits per heavy atom. The van der Waals surface area contributed by atoms with Gasteiger partial charge < -0.3 is 9.84 Å². The first-order valence-corrected chi connectivity index (χ1v) is 5.84. The van der Waals surface area contributed by atoms with E-state index >= 15 is 0 Å². The van der Waals surface area contributed by atoms with Gasteiger partial charge in [0.1, 0.15) is 17.1 Å². The largest absolute Gasteiger partial charge is 0.478 e. The standard InChI is InChI=1S/C14H10FNO5/c1-8-2-5-12(11(6-8)16(19)20)21-13-7-9(15)3-4-10(13)14(17)18/h2-7H,1H3,(H,17,18). The van der Waals surface area contributed by atoms with Gasteiger partial charge in [-0.25, -0.2) is 9.18 Å². The van der Waals surface area contributed by atoms with Crippen molar-refractivity contribution in [3.8, 4) is 11.5 Å². The van der Waals surface area contributed by atoms with Crippen molar-refractivity contribution in [3.05, 3.63) is 63.5 Å². The van der Waals surface area contributed by atoms with Gasteiger partial charge in [0.25, 0.3) is 0 Å². The van der Waals surface area contributed by atoms with Crippen molar-refractivity contribution >= 4 is 11.7 Å². The molecule has 0 bridgehead atoms. The third-order valence-electron chi connectivity index (χ3n) is 2.71. The number of benzene rings is 2. The third-order valence-corrected chi connectivity index (χ3v) is 2.71. The molecule has 2 rings (SSSR count). The summed E-state index contributed by atoms with van der Waals surface area (Å²) >= 11 is 0. The molecule has 0 saturated carbocycles. The molecule has 21 heavy (non-hydrogen) atoms. The lowest BCUT2D eigenvalue weighted by Crippen LogP contribution is -2.02. The zero-order valence-electron chi connectivity index (χ0n) is 10.9. The summed E-state index contributed by atoms with van der Waals surface area (Å²) in [4.78, 5) is 21.4. The maximum Gasteiger partial charge on any atom is 0.339 e. The van der Waals surface area contributed by atoms with Crippen LogP contribution in [0.3, 0.4) is 0 Å². The van der Waals surface area contributed by atoms with Gasteiger partial charge >= 0.3 is 11.7 Å². The summed E-state index contributed by atoms with van der Waals surface area (Å²) in [6, 6.07) is 7.07. The molecule has 6 nitrogen and oxygen atoms in total. The Bertz CT molecular complexity index is 729. The molecule has 2 aromatic rings. The predicted molar refractivity (Wildman–Crippen MR) is 71.3 cm³/mol. The summed E-state index contributed by atoms with van der Waals surface area (Å²) in [6.45, 7) is 1.67. The van der Waals surface area contributed by atoms with Crippen LogP contribution in [0.4, 0.5) is 10.1 Å². The van der Waals surface area contributed by atoms with Crippen LogP contribution in [-0.4, -0.2) is 16.0 Å². The van der Waals surface area contributed by atoms with Gasteiger partial charge in [0, 0.05) is 12.1 Å². The first-order chi connectivity index (χ1) is 9.88. The van der Waals surface area contributed by atoms with E-state index in [1.807, 2.05) is 0 Å². The second kappa shape index (κ2) is 5.58. The number of halogens is 1. The van der Waals surface area contributed by atoms with E-state index in [0.717, 1.165) is 18.2 Å². The van der Waals surface area contributed by atoms with Crippen LogP contribution >= 0.6 is 0 Å². The summed E-state index contributed by atoms with van der Waals surface area (Å²) in [7, 11) is 0. The molecular formula is C14H10FNO5. The molecule has 0 atom stereocenters. The van der Waals surface area contributed by atoms with Crippen LogP contribution in [0.25, 0.3) is 0 Å². The molecule has 0 fully saturated rings. The van der Waals surface area contributed by atoms with Crippen LogP contribution in [0.15, 0.2) is 36.4 Å². The Kier molecular flexibility index (Phi) is 3.84. The monoisotopic (exact) mass is 291 g/mol. The number of carboxylic acid groups (broad SMARTS) is 1. The van der Waals surface area contributed by atoms with E-state index in [1.54, 1.807) is 13.0 Å². The fraction of sp³-hybridized carbons (Fsp3) is 0.0714. The molecule has 0 aliphatic rings. The van der Waals surface area contributed by atoms with Crippen molar-refractivity contribution in [1.82, 2.24) is 0 Å². The highest BCUT2D eigenvalue weighted by Crippen LogP contribution is 2.34. The lowest BCUT2D eigenvalue weighted by Gasteiger charge is -2.09. The molecule has 0 spiro atoms. The highest BCUT2D eigenvalue weighted by atomic mass is 19.1. The van der Waals surface area contributed by atoms with Gasteiger partial charge in [0.15, 0.2) is 0 Å². The van der Waals surface area contributed by atoms with Crippen molar-refractivity contribution in [3.63, 3.8) is 0 Å². The first-order valence-electron chi connectivity index (χ1n) is 5.84. The molecule has 0 radical (unpaired) electrons. The quantitative estimate of drug-likeness (QED) is 0.687. The SMILES string of the molecule is Cc1ccc(Oc2cc(F)ccc2C(=O)O)c([N+](=O)[O-])c1. The average molecular weight is 291 g/mol. The van der Waals surface area contributed by atoms with E-state index in [1.165, 1.54) is 12.1 Å². The fourth-order valence-corrected chi connectivity index (χ4v) is 1.73. The molecule has 0 aromatic heterocycles. The second-order valence-electron chi connectivity index (χ2n) is 4.28. The van der Waals surface area contributed by atoms with Crippen molar-refractivity contribution in [2.45, 2.75) is 6.92 Å². The van der Waals surface area contributed by atoms with Crippen molar-refractivity contribution < 1.29 is 24.0 Å². The number of aromatic carboxylic acids is 1. The molecule has 0 amide bonds. The molecule has 0 saturated heterocycles. The van der Waals surface area contributed by atoms with Gasteiger partial charge in [-0.05, 0) is 30.7 Å². The van der Waals surface area contributed by atoms with Crippen LogP contribution < -0.4 is 4.74 Å². The topological polar surface area (TPSA) is 89.7 Å². The zero-order valence-corrected chi connectivity index (χ0v) is 10.9. The highest BCUT2D eigenvalue weighted by molar-refractivity contribution is 5.91. The molecule has 108 valence electrons. The number of ether oxygens (including phenoxy) is 1. The highest BCUT2D eigenvalue weighted by Gasteiger charge is 2.19. The second-order valence-corrected chi connectivity index (χ2v) is 4.28. The Morgan fingerprint density at radius 1 is 1.24 bits per heavy atom. The molecule has 2 aromatic carbocycles. The predicted octanol–water partition coefficient (Wildman–Crippen LogP) is 3.53. The normalized spacial score (nSPS) is 10.2. The average Bonchev–Trinajstić information content (AvgIpc) is 2.40. The summed E-state index contributed by atoms with van der Waals surface area (Å²) in [5.74, 6) is -2.47. The van der Waals surface area contributed by atoms with Gasteiger partial charge in [-0.2, -0.15) is 0 Å². The van der Waals surface area contributed by atoms with E-state index < -0.39 is 16.7 Å². The lowest BCUT2D eigenvalue weighted by molar-refractivity contribution is -0.385. The maximum absolute atomic E-state index is 13.2. The molecule has 0 aliphatic carbocycles. The minimum Gasteiger partial charge on any atom is -0.478 e. The van der Waals surface area contributed by atoms with E-state index in [0.29, 0.717) is 5.56 Å². The number of hydrogen-bond donors (Lipinski definition) is 1. The number of carbonyl (C=O) groups is 1. The minimum absolute atomic E-state index is 0.154. The molecule has 0 unspecified atom stereocenters. The van der Waals surface area contributed by atoms with Crippen molar-refractivity contribution in [2.75, 3.05) is 0 Å². The summed E-state index contributed by atoms with van der Waals surface area (Å²) in [6.07, 6.45) is 0. The van der Waals surface area contributed by atoms with Crippen LogP contribution in [0, 0.1) is 22.9 Å². The molecule has 0 aliphatic heterocycles. The smallest absolute Gasteiger partial charge is 0.339 e. The zero-order chi connectivity index (χ0) is 15.6. The van der Waals surface area contributed by atoms with E-state index in [9.17, 15) is 19.3 Å². The fourth-order valence-electron chi connectivity index (χ4n) is 1.73. The Hall–Kier alpha value is -2.96. The minimum atomic E-state index is -1.32. The van der Waals surface area contributed by atoms with E-state index in [4.69, 9.17) is 9.84 Å². The number of nitro benzene ring substituents is 1. The summed E-state index contributed by atoms with van der Waals surface area (Å²) in [5.41, 5.74) is 0.0358. The van der Waals surface area contributed by atoms with E-state index in [2.05, 4.69) is 0 Å². The Balaban J connectivity index is 2.50. The third kappa shape index (κ3) is 3.14. The van der Waals surface area contributed by atoms with Crippen LogP contribution in [0.2, 0.25) is 0 Å². The molecule has 0 heterocycles. The molecule has 1 N–H and O–H groups in total. The summed E-state index contributed by atoms with van der Waals surface area (Å²) in [5, 5.41) is 20.0. The van der Waals surface area contributed by atoms with Gasteiger partial charge in [0.05, 0.1) is 4.92 Å². The van der Waals surface area contributed by atoms with Crippen LogP contribution in [-0.2, 0) is 0 Å². The van der Waals surface area contributed by atoms with Gasteiger partial charge in [0.2, 0.25) is 5.75 Å². The Labute approximate surface area is 118 Å². The van der Waals surface area contributed by atoms with Crippen LogP contribution in [0.5, 0.6) is 11.5 Å². The lowest BCUT2D eigenvalue weighted by atomic mass is 10.2. The molecule has 7 heteroatoms. The van der Waals surface area contributed by atoms with Gasteiger partial charge in [-0.15, -0.1) is 0 Å². The van der Waals surface area contributed by atoms with Crippen LogP contribution in [0.1, 0.15) is 15.9 Å².